The lowest BCUT2D eigenvalue weighted by molar-refractivity contribution is -0.124. The van der Waals surface area contributed by atoms with Crippen molar-refractivity contribution in [3.63, 3.8) is 0 Å². The van der Waals surface area contributed by atoms with Crippen LogP contribution in [0.1, 0.15) is 37.0 Å². The first-order chi connectivity index (χ1) is 8.04. The first-order valence-electron chi connectivity index (χ1n) is 5.84. The van der Waals surface area contributed by atoms with E-state index in [1.165, 1.54) is 6.20 Å². The second kappa shape index (κ2) is 6.18. The molecular weight excluding hydrogens is 218 g/mol. The van der Waals surface area contributed by atoms with Crippen LogP contribution >= 0.6 is 0 Å². The fraction of sp³-hybridized carbons (Fsp3) is 0.583. The fourth-order valence-corrected chi connectivity index (χ4v) is 1.57. The van der Waals surface area contributed by atoms with Gasteiger partial charge in [-0.2, -0.15) is 5.10 Å². The summed E-state index contributed by atoms with van der Waals surface area (Å²) in [5.41, 5.74) is 0.524. The topological polar surface area (TPSA) is 64.0 Å². The van der Waals surface area contributed by atoms with Gasteiger partial charge in [0.15, 0.2) is 5.78 Å². The van der Waals surface area contributed by atoms with Crippen LogP contribution < -0.4 is 5.32 Å². The van der Waals surface area contributed by atoms with E-state index >= 15 is 0 Å². The van der Waals surface area contributed by atoms with E-state index < -0.39 is 0 Å². The molecule has 1 amide bonds. The average Bonchev–Trinajstić information content (AvgIpc) is 2.72. The number of ketones is 1. The third kappa shape index (κ3) is 4.01. The number of hydrogen-bond donors (Lipinski definition) is 1. The van der Waals surface area contributed by atoms with Gasteiger partial charge in [-0.25, -0.2) is 0 Å². The molecule has 1 N–H and O–H groups in total. The summed E-state index contributed by atoms with van der Waals surface area (Å²) in [6, 6.07) is 0. The van der Waals surface area contributed by atoms with Crippen molar-refractivity contribution < 1.29 is 9.59 Å². The quantitative estimate of drug-likeness (QED) is 0.755. The van der Waals surface area contributed by atoms with Gasteiger partial charge in [-0.15, -0.1) is 0 Å². The Morgan fingerprint density at radius 2 is 2.24 bits per heavy atom. The van der Waals surface area contributed by atoms with Gasteiger partial charge in [0.1, 0.15) is 0 Å². The highest BCUT2D eigenvalue weighted by atomic mass is 16.2. The van der Waals surface area contributed by atoms with Crippen LogP contribution in [0.5, 0.6) is 0 Å². The maximum atomic E-state index is 11.7. The van der Waals surface area contributed by atoms with Gasteiger partial charge in [0.05, 0.1) is 18.3 Å². The predicted octanol–water partition coefficient (Wildman–Crippen LogP) is 1.16. The molecule has 1 rings (SSSR count). The Hall–Kier alpha value is -1.65. The lowest BCUT2D eigenvalue weighted by Crippen LogP contribution is -2.33. The third-order valence-electron chi connectivity index (χ3n) is 2.62. The van der Waals surface area contributed by atoms with E-state index in [1.54, 1.807) is 17.9 Å². The summed E-state index contributed by atoms with van der Waals surface area (Å²) in [5.74, 6) is -0.221. The third-order valence-corrected chi connectivity index (χ3v) is 2.62. The van der Waals surface area contributed by atoms with Crippen LogP contribution in [0, 0.1) is 5.92 Å². The monoisotopic (exact) mass is 237 g/mol. The van der Waals surface area contributed by atoms with Crippen LogP contribution in [0.25, 0.3) is 0 Å². The van der Waals surface area contributed by atoms with Crippen molar-refractivity contribution in [3.05, 3.63) is 18.0 Å². The van der Waals surface area contributed by atoms with E-state index in [-0.39, 0.29) is 24.2 Å². The molecule has 17 heavy (non-hydrogen) atoms. The average molecular weight is 237 g/mol. The number of nitrogens with one attached hydrogen (secondary N) is 1. The second-order valence-electron chi connectivity index (χ2n) is 4.23. The van der Waals surface area contributed by atoms with Gasteiger partial charge in [-0.05, 0) is 6.42 Å². The number of carbonyl (C=O) groups is 2. The molecule has 5 nitrogen and oxygen atoms in total. The number of rotatable bonds is 6. The summed E-state index contributed by atoms with van der Waals surface area (Å²) < 4.78 is 1.56. The lowest BCUT2D eigenvalue weighted by Gasteiger charge is -2.09. The van der Waals surface area contributed by atoms with Crippen molar-refractivity contribution in [2.75, 3.05) is 6.54 Å². The molecule has 1 aromatic heterocycles. The molecule has 0 radical (unpaired) electrons. The molecule has 1 heterocycles. The minimum Gasteiger partial charge on any atom is -0.348 e. The highest BCUT2D eigenvalue weighted by Crippen LogP contribution is 2.04. The van der Waals surface area contributed by atoms with Crippen LogP contribution in [0.4, 0.5) is 0 Å². The predicted molar refractivity (Wildman–Crippen MR) is 64.6 cm³/mol. The largest absolute Gasteiger partial charge is 0.348 e. The Morgan fingerprint density at radius 1 is 1.53 bits per heavy atom. The Labute approximate surface area is 101 Å². The summed E-state index contributed by atoms with van der Waals surface area (Å²) >= 11 is 0. The number of aromatic nitrogens is 2. The lowest BCUT2D eigenvalue weighted by atomic mass is 10.1. The number of nitrogens with zero attached hydrogens (tertiary/aromatic N) is 2. The molecule has 0 aliphatic heterocycles. The number of hydrogen-bond acceptors (Lipinski definition) is 3. The molecule has 1 atom stereocenters. The van der Waals surface area contributed by atoms with Crippen molar-refractivity contribution in [1.29, 1.82) is 0 Å². The fourth-order valence-electron chi connectivity index (χ4n) is 1.57. The van der Waals surface area contributed by atoms with Crippen molar-refractivity contribution in [2.24, 2.45) is 13.0 Å². The van der Waals surface area contributed by atoms with Crippen LogP contribution in [0.15, 0.2) is 12.4 Å². The van der Waals surface area contributed by atoms with Gasteiger partial charge in [0.25, 0.3) is 0 Å². The molecule has 1 unspecified atom stereocenters. The van der Waals surface area contributed by atoms with Gasteiger partial charge < -0.3 is 5.32 Å². The van der Waals surface area contributed by atoms with Crippen molar-refractivity contribution in [2.45, 2.75) is 26.7 Å². The highest BCUT2D eigenvalue weighted by Gasteiger charge is 2.14. The number of amides is 1. The molecule has 0 aliphatic rings. The van der Waals surface area contributed by atoms with Crippen LogP contribution in [0.3, 0.4) is 0 Å². The Morgan fingerprint density at radius 3 is 2.76 bits per heavy atom. The van der Waals surface area contributed by atoms with E-state index in [9.17, 15) is 9.59 Å². The summed E-state index contributed by atoms with van der Waals surface area (Å²) in [4.78, 5) is 23.3. The summed E-state index contributed by atoms with van der Waals surface area (Å²) in [6.07, 6.45) is 4.95. The van der Waals surface area contributed by atoms with E-state index in [1.807, 2.05) is 13.8 Å². The maximum Gasteiger partial charge on any atom is 0.223 e. The summed E-state index contributed by atoms with van der Waals surface area (Å²) in [7, 11) is 1.75. The SMILES string of the molecule is CCCC(C)C(=O)NCC(=O)c1cnn(C)c1. The number of Topliss-reactive ketones (excluding diaryl/α,β-unsaturated/α-hetero) is 1. The number of aryl methyl sites for hydroxylation is 1. The molecule has 0 aromatic carbocycles. The molecule has 0 spiro atoms. The first kappa shape index (κ1) is 13.4. The molecule has 0 aliphatic carbocycles. The summed E-state index contributed by atoms with van der Waals surface area (Å²) in [6.45, 7) is 3.94. The zero-order valence-corrected chi connectivity index (χ0v) is 10.6. The van der Waals surface area contributed by atoms with E-state index in [4.69, 9.17) is 0 Å². The minimum atomic E-state index is -0.116. The Balaban J connectivity index is 2.41. The molecule has 0 fully saturated rings. The molecular formula is C12H19N3O2. The molecule has 0 saturated carbocycles. The van der Waals surface area contributed by atoms with Crippen LogP contribution in [-0.4, -0.2) is 28.0 Å². The van der Waals surface area contributed by atoms with Crippen molar-refractivity contribution >= 4 is 11.7 Å². The van der Waals surface area contributed by atoms with Crippen molar-refractivity contribution in [3.8, 4) is 0 Å². The molecule has 0 bridgehead atoms. The smallest absolute Gasteiger partial charge is 0.223 e. The van der Waals surface area contributed by atoms with E-state index in [2.05, 4.69) is 10.4 Å². The number of carbonyl (C=O) groups excluding carboxylic acids is 2. The standard InChI is InChI=1S/C12H19N3O2/c1-4-5-9(2)12(17)13-7-11(16)10-6-14-15(3)8-10/h6,8-9H,4-5,7H2,1-3H3,(H,13,17). The zero-order valence-electron chi connectivity index (χ0n) is 10.6. The Bertz CT molecular complexity index is 398. The minimum absolute atomic E-state index is 0.0401. The highest BCUT2D eigenvalue weighted by molar-refractivity contribution is 5.99. The molecule has 5 heteroatoms. The van der Waals surface area contributed by atoms with E-state index in [0.29, 0.717) is 5.56 Å². The van der Waals surface area contributed by atoms with Gasteiger partial charge in [-0.3, -0.25) is 14.3 Å². The van der Waals surface area contributed by atoms with Crippen LogP contribution in [-0.2, 0) is 11.8 Å². The van der Waals surface area contributed by atoms with Gasteiger partial charge >= 0.3 is 0 Å². The van der Waals surface area contributed by atoms with Gasteiger partial charge in [-0.1, -0.05) is 20.3 Å². The van der Waals surface area contributed by atoms with Gasteiger partial charge in [0, 0.05) is 19.2 Å². The van der Waals surface area contributed by atoms with Gasteiger partial charge in [0.2, 0.25) is 5.91 Å². The van der Waals surface area contributed by atoms with Crippen LogP contribution in [0.2, 0.25) is 0 Å². The maximum absolute atomic E-state index is 11.7. The Kier molecular flexibility index (Phi) is 4.87. The molecule has 0 saturated heterocycles. The second-order valence-corrected chi connectivity index (χ2v) is 4.23. The first-order valence-corrected chi connectivity index (χ1v) is 5.84. The van der Waals surface area contributed by atoms with Crippen molar-refractivity contribution in [1.82, 2.24) is 15.1 Å². The normalized spacial score (nSPS) is 12.2. The molecule has 94 valence electrons. The zero-order chi connectivity index (χ0) is 12.8. The summed E-state index contributed by atoms with van der Waals surface area (Å²) in [5, 5.41) is 6.56. The molecule has 1 aromatic rings. The van der Waals surface area contributed by atoms with E-state index in [0.717, 1.165) is 12.8 Å².